The highest BCUT2D eigenvalue weighted by Gasteiger charge is 2.24. The SMILES string of the molecule is CN(C)CCCNc1ccc2c(c1)C(=Cc1ccc3c(/C=C/c4ccncc4)n[nH]c3c1)C(=O)N2. The maximum Gasteiger partial charge on any atom is 0.256 e. The molecule has 0 saturated carbocycles. The van der Waals surface area contributed by atoms with Crippen LogP contribution < -0.4 is 10.6 Å². The molecule has 35 heavy (non-hydrogen) atoms. The Morgan fingerprint density at radius 1 is 1.00 bits per heavy atom. The lowest BCUT2D eigenvalue weighted by atomic mass is 10.0. The number of nitrogens with zero attached hydrogens (tertiary/aromatic N) is 3. The fraction of sp³-hybridized carbons (Fsp3) is 0.179. The van der Waals surface area contributed by atoms with Gasteiger partial charge in [0, 0.05) is 46.8 Å². The lowest BCUT2D eigenvalue weighted by Gasteiger charge is -2.11. The molecule has 0 bridgehead atoms. The van der Waals surface area contributed by atoms with E-state index in [0.717, 1.165) is 64.2 Å². The summed E-state index contributed by atoms with van der Waals surface area (Å²) in [6.07, 6.45) is 10.5. The normalized spacial score (nSPS) is 14.3. The van der Waals surface area contributed by atoms with Gasteiger partial charge in [-0.3, -0.25) is 14.9 Å². The summed E-state index contributed by atoms with van der Waals surface area (Å²) >= 11 is 0. The number of anilines is 2. The van der Waals surface area contributed by atoms with Crippen LogP contribution in [0, 0.1) is 0 Å². The highest BCUT2D eigenvalue weighted by atomic mass is 16.2. The number of nitrogens with one attached hydrogen (secondary N) is 3. The van der Waals surface area contributed by atoms with Crippen molar-refractivity contribution in [3.63, 3.8) is 0 Å². The van der Waals surface area contributed by atoms with E-state index in [-0.39, 0.29) is 5.91 Å². The highest BCUT2D eigenvalue weighted by Crippen LogP contribution is 2.35. The average molecular weight is 465 g/mol. The minimum absolute atomic E-state index is 0.0876. The Bertz CT molecular complexity index is 1420. The summed E-state index contributed by atoms with van der Waals surface area (Å²) < 4.78 is 0. The van der Waals surface area contributed by atoms with Crippen molar-refractivity contribution in [3.8, 4) is 0 Å². The van der Waals surface area contributed by atoms with Crippen LogP contribution in [-0.2, 0) is 4.79 Å². The first-order valence-electron chi connectivity index (χ1n) is 11.7. The second-order valence-corrected chi connectivity index (χ2v) is 8.88. The number of rotatable bonds is 8. The van der Waals surface area contributed by atoms with Crippen LogP contribution in [0.15, 0.2) is 60.9 Å². The third-order valence-corrected chi connectivity index (χ3v) is 5.98. The Balaban J connectivity index is 1.37. The molecule has 5 rings (SSSR count). The smallest absolute Gasteiger partial charge is 0.256 e. The molecule has 0 atom stereocenters. The molecule has 7 nitrogen and oxygen atoms in total. The number of hydrogen-bond donors (Lipinski definition) is 3. The van der Waals surface area contributed by atoms with Crippen LogP contribution in [-0.4, -0.2) is 53.2 Å². The molecular weight excluding hydrogens is 436 g/mol. The number of benzene rings is 2. The van der Waals surface area contributed by atoms with E-state index in [1.54, 1.807) is 12.4 Å². The van der Waals surface area contributed by atoms with E-state index in [1.165, 1.54) is 0 Å². The van der Waals surface area contributed by atoms with Crippen molar-refractivity contribution in [3.05, 3.63) is 83.3 Å². The Morgan fingerprint density at radius 3 is 2.69 bits per heavy atom. The molecule has 3 heterocycles. The van der Waals surface area contributed by atoms with E-state index in [9.17, 15) is 4.79 Å². The molecule has 0 saturated heterocycles. The highest BCUT2D eigenvalue weighted by molar-refractivity contribution is 6.35. The molecule has 0 aliphatic carbocycles. The first-order valence-corrected chi connectivity index (χ1v) is 11.7. The fourth-order valence-corrected chi connectivity index (χ4v) is 4.16. The zero-order chi connectivity index (χ0) is 24.2. The average Bonchev–Trinajstić information content (AvgIpc) is 3.41. The van der Waals surface area contributed by atoms with Gasteiger partial charge in [-0.2, -0.15) is 5.10 Å². The first kappa shape index (κ1) is 22.6. The molecule has 0 spiro atoms. The molecule has 0 unspecified atom stereocenters. The van der Waals surface area contributed by atoms with Gasteiger partial charge >= 0.3 is 0 Å². The number of carbonyl (C=O) groups excluding carboxylic acids is 1. The number of H-pyrrole nitrogens is 1. The van der Waals surface area contributed by atoms with Gasteiger partial charge in [-0.25, -0.2) is 0 Å². The maximum absolute atomic E-state index is 12.7. The molecule has 3 N–H and O–H groups in total. The predicted molar refractivity (Wildman–Crippen MR) is 144 cm³/mol. The molecule has 1 amide bonds. The van der Waals surface area contributed by atoms with Gasteiger partial charge in [-0.05, 0) is 92.8 Å². The van der Waals surface area contributed by atoms with Crippen molar-refractivity contribution in [2.45, 2.75) is 6.42 Å². The molecular formula is C28H28N6O. The minimum Gasteiger partial charge on any atom is -0.385 e. The van der Waals surface area contributed by atoms with E-state index in [4.69, 9.17) is 0 Å². The molecule has 7 heteroatoms. The molecule has 0 fully saturated rings. The molecule has 4 aromatic rings. The summed E-state index contributed by atoms with van der Waals surface area (Å²) in [5.74, 6) is -0.0876. The van der Waals surface area contributed by atoms with Gasteiger partial charge in [-0.1, -0.05) is 12.1 Å². The van der Waals surface area contributed by atoms with E-state index in [2.05, 4.69) is 44.8 Å². The van der Waals surface area contributed by atoms with E-state index in [1.807, 2.05) is 66.8 Å². The van der Waals surface area contributed by atoms with Crippen LogP contribution in [0.25, 0.3) is 34.7 Å². The summed E-state index contributed by atoms with van der Waals surface area (Å²) in [7, 11) is 4.15. The first-order chi connectivity index (χ1) is 17.1. The van der Waals surface area contributed by atoms with Gasteiger partial charge in [-0.15, -0.1) is 0 Å². The molecule has 2 aromatic heterocycles. The van der Waals surface area contributed by atoms with Crippen molar-refractivity contribution < 1.29 is 4.79 Å². The van der Waals surface area contributed by atoms with Crippen LogP contribution in [0.1, 0.15) is 28.8 Å². The summed E-state index contributed by atoms with van der Waals surface area (Å²) in [6, 6.07) is 16.0. The number of hydrogen-bond acceptors (Lipinski definition) is 5. The Labute approximate surface area is 204 Å². The van der Waals surface area contributed by atoms with Crippen LogP contribution in [0.3, 0.4) is 0 Å². The molecule has 0 radical (unpaired) electrons. The number of carbonyl (C=O) groups is 1. The molecule has 1 aliphatic rings. The zero-order valence-corrected chi connectivity index (χ0v) is 19.9. The van der Waals surface area contributed by atoms with Crippen molar-refractivity contribution >= 4 is 52.0 Å². The lowest BCUT2D eigenvalue weighted by Crippen LogP contribution is -2.16. The number of pyridine rings is 1. The minimum atomic E-state index is -0.0876. The fourth-order valence-electron chi connectivity index (χ4n) is 4.16. The third kappa shape index (κ3) is 5.15. The van der Waals surface area contributed by atoms with E-state index < -0.39 is 0 Å². The Morgan fingerprint density at radius 2 is 1.86 bits per heavy atom. The van der Waals surface area contributed by atoms with Crippen molar-refractivity contribution in [2.75, 3.05) is 37.8 Å². The molecule has 176 valence electrons. The standard InChI is InChI=1S/C28H28N6O/c1-34(2)15-3-12-30-21-6-9-25-23(18-21)24(28(35)31-25)16-20-4-7-22-26(32-33-27(22)17-20)8-5-19-10-13-29-14-11-19/h4-11,13-14,16-18,30H,3,12,15H2,1-2H3,(H,31,35)(H,32,33)/b8-5+,24-16?. The van der Waals surface area contributed by atoms with Gasteiger partial charge in [0.05, 0.1) is 11.2 Å². The number of aromatic amines is 1. The summed E-state index contributed by atoms with van der Waals surface area (Å²) in [4.78, 5) is 18.9. The van der Waals surface area contributed by atoms with Crippen LogP contribution >= 0.6 is 0 Å². The van der Waals surface area contributed by atoms with Crippen molar-refractivity contribution in [2.24, 2.45) is 0 Å². The summed E-state index contributed by atoms with van der Waals surface area (Å²) in [5.41, 5.74) is 7.22. The van der Waals surface area contributed by atoms with Crippen molar-refractivity contribution in [1.29, 1.82) is 0 Å². The largest absolute Gasteiger partial charge is 0.385 e. The number of aromatic nitrogens is 3. The van der Waals surface area contributed by atoms with E-state index >= 15 is 0 Å². The van der Waals surface area contributed by atoms with Crippen LogP contribution in [0.2, 0.25) is 0 Å². The molecule has 1 aliphatic heterocycles. The lowest BCUT2D eigenvalue weighted by molar-refractivity contribution is -0.110. The summed E-state index contributed by atoms with van der Waals surface area (Å²) in [5, 5.41) is 15.0. The summed E-state index contributed by atoms with van der Waals surface area (Å²) in [6.45, 7) is 1.91. The monoisotopic (exact) mass is 464 g/mol. The van der Waals surface area contributed by atoms with Gasteiger partial charge in [0.2, 0.25) is 0 Å². The quantitative estimate of drug-likeness (QED) is 0.253. The van der Waals surface area contributed by atoms with Crippen LogP contribution in [0.5, 0.6) is 0 Å². The maximum atomic E-state index is 12.7. The zero-order valence-electron chi connectivity index (χ0n) is 19.9. The molecule has 2 aromatic carbocycles. The number of amides is 1. The van der Waals surface area contributed by atoms with Crippen molar-refractivity contribution in [1.82, 2.24) is 20.1 Å². The topological polar surface area (TPSA) is 85.9 Å². The van der Waals surface area contributed by atoms with Gasteiger partial charge in [0.15, 0.2) is 0 Å². The second kappa shape index (κ2) is 9.95. The van der Waals surface area contributed by atoms with Gasteiger partial charge in [0.1, 0.15) is 0 Å². The predicted octanol–water partition coefficient (Wildman–Crippen LogP) is 4.98. The number of fused-ring (bicyclic) bond motifs is 2. The second-order valence-electron chi connectivity index (χ2n) is 8.88. The Kier molecular flexibility index (Phi) is 6.41. The Hall–Kier alpha value is -4.23. The third-order valence-electron chi connectivity index (χ3n) is 5.98. The van der Waals surface area contributed by atoms with E-state index in [0.29, 0.717) is 5.57 Å². The van der Waals surface area contributed by atoms with Gasteiger partial charge < -0.3 is 15.5 Å². The van der Waals surface area contributed by atoms with Gasteiger partial charge in [0.25, 0.3) is 5.91 Å². The van der Waals surface area contributed by atoms with Crippen LogP contribution in [0.4, 0.5) is 11.4 Å².